The number of carbonyl (C=O) groups is 1. The lowest BCUT2D eigenvalue weighted by atomic mass is 10.1. The first-order valence-corrected chi connectivity index (χ1v) is 6.91. The van der Waals surface area contributed by atoms with Crippen molar-refractivity contribution in [3.05, 3.63) is 0 Å². The second-order valence-electron chi connectivity index (χ2n) is 4.12. The quantitative estimate of drug-likeness (QED) is 0.725. The number of carbonyl (C=O) groups excluding carboxylic acids is 1. The first kappa shape index (κ1) is 14.8. The van der Waals surface area contributed by atoms with E-state index in [0.29, 0.717) is 5.92 Å². The second-order valence-corrected chi connectivity index (χ2v) is 5.11. The van der Waals surface area contributed by atoms with Gasteiger partial charge < -0.3 is 10.6 Å². The van der Waals surface area contributed by atoms with Crippen molar-refractivity contribution in [1.29, 1.82) is 0 Å². The molecule has 0 spiro atoms. The van der Waals surface area contributed by atoms with Crippen LogP contribution in [0.1, 0.15) is 26.7 Å². The molecular weight excluding hydrogens is 208 g/mol. The van der Waals surface area contributed by atoms with E-state index in [9.17, 15) is 4.79 Å². The molecule has 0 heterocycles. The predicted molar refractivity (Wildman–Crippen MR) is 68.1 cm³/mol. The first-order valence-electron chi connectivity index (χ1n) is 5.52. The third-order valence-corrected chi connectivity index (χ3v) is 3.25. The number of rotatable bonds is 7. The number of nitrogens with zero attached hydrogens (tertiary/aromatic N) is 1. The molecule has 0 saturated carbocycles. The van der Waals surface area contributed by atoms with Gasteiger partial charge in [-0.1, -0.05) is 20.3 Å². The molecule has 1 amide bonds. The molecule has 0 aliphatic rings. The molecule has 3 nitrogen and oxygen atoms in total. The van der Waals surface area contributed by atoms with Crippen LogP contribution in [0.2, 0.25) is 0 Å². The summed E-state index contributed by atoms with van der Waals surface area (Å²) in [6.07, 6.45) is 3.89. The minimum Gasteiger partial charge on any atom is -0.344 e. The Labute approximate surface area is 97.8 Å². The van der Waals surface area contributed by atoms with E-state index in [1.54, 1.807) is 16.7 Å². The van der Waals surface area contributed by atoms with Crippen LogP contribution in [0.15, 0.2) is 0 Å². The van der Waals surface area contributed by atoms with Crippen molar-refractivity contribution in [2.45, 2.75) is 32.7 Å². The van der Waals surface area contributed by atoms with E-state index < -0.39 is 0 Å². The largest absolute Gasteiger partial charge is 0.344 e. The Morgan fingerprint density at radius 2 is 2.13 bits per heavy atom. The zero-order valence-electron chi connectivity index (χ0n) is 10.3. The van der Waals surface area contributed by atoms with Crippen LogP contribution >= 0.6 is 11.8 Å². The van der Waals surface area contributed by atoms with Gasteiger partial charge in [0.05, 0.1) is 6.04 Å². The number of thioether (sulfide) groups is 1. The minimum atomic E-state index is -0.327. The van der Waals surface area contributed by atoms with Gasteiger partial charge >= 0.3 is 0 Å². The van der Waals surface area contributed by atoms with Crippen LogP contribution in [0.5, 0.6) is 0 Å². The van der Waals surface area contributed by atoms with Gasteiger partial charge in [0.25, 0.3) is 0 Å². The van der Waals surface area contributed by atoms with Gasteiger partial charge in [-0.3, -0.25) is 4.79 Å². The van der Waals surface area contributed by atoms with Crippen LogP contribution in [0, 0.1) is 5.92 Å². The normalized spacial score (nSPS) is 14.7. The second kappa shape index (κ2) is 7.99. The Bertz CT molecular complexity index is 187. The topological polar surface area (TPSA) is 46.3 Å². The molecule has 0 fully saturated rings. The van der Waals surface area contributed by atoms with Crippen LogP contribution < -0.4 is 5.73 Å². The third kappa shape index (κ3) is 6.05. The highest BCUT2D eigenvalue weighted by Gasteiger charge is 2.18. The Kier molecular flexibility index (Phi) is 7.88. The maximum atomic E-state index is 11.8. The zero-order chi connectivity index (χ0) is 11.8. The van der Waals surface area contributed by atoms with E-state index in [1.807, 2.05) is 13.3 Å². The van der Waals surface area contributed by atoms with Crippen LogP contribution in [0.3, 0.4) is 0 Å². The first-order chi connectivity index (χ1) is 7.02. The lowest BCUT2D eigenvalue weighted by Gasteiger charge is -2.23. The summed E-state index contributed by atoms with van der Waals surface area (Å²) < 4.78 is 0. The van der Waals surface area contributed by atoms with E-state index in [0.717, 1.165) is 25.1 Å². The van der Waals surface area contributed by atoms with Gasteiger partial charge in [-0.15, -0.1) is 0 Å². The molecule has 0 bridgehead atoms. The van der Waals surface area contributed by atoms with Gasteiger partial charge in [0.2, 0.25) is 5.91 Å². The molecule has 1 unspecified atom stereocenters. The SMILES string of the molecule is CCC(C)CN(C)C(=O)[C@H](N)CCSC. The average molecular weight is 232 g/mol. The van der Waals surface area contributed by atoms with Gasteiger partial charge in [-0.25, -0.2) is 0 Å². The maximum Gasteiger partial charge on any atom is 0.239 e. The van der Waals surface area contributed by atoms with Crippen molar-refractivity contribution < 1.29 is 4.79 Å². The van der Waals surface area contributed by atoms with E-state index >= 15 is 0 Å². The summed E-state index contributed by atoms with van der Waals surface area (Å²) in [5.74, 6) is 1.57. The summed E-state index contributed by atoms with van der Waals surface area (Å²) in [6.45, 7) is 5.09. The lowest BCUT2D eigenvalue weighted by Crippen LogP contribution is -2.43. The Balaban J connectivity index is 3.95. The highest BCUT2D eigenvalue weighted by molar-refractivity contribution is 7.98. The molecule has 15 heavy (non-hydrogen) atoms. The number of hydrogen-bond donors (Lipinski definition) is 1. The standard InChI is InChI=1S/C11H24N2OS/c1-5-9(2)8-13(3)11(14)10(12)6-7-15-4/h9-10H,5-8,12H2,1-4H3/t9?,10-/m1/s1. The Hall–Kier alpha value is -0.220. The summed E-state index contributed by atoms with van der Waals surface area (Å²) in [7, 11) is 1.84. The average Bonchev–Trinajstić information content (AvgIpc) is 2.24. The lowest BCUT2D eigenvalue weighted by molar-refractivity contribution is -0.131. The summed E-state index contributed by atoms with van der Waals surface area (Å²) in [6, 6.07) is -0.327. The van der Waals surface area contributed by atoms with E-state index in [1.165, 1.54) is 0 Å². The van der Waals surface area contributed by atoms with Crippen molar-refractivity contribution in [1.82, 2.24) is 4.90 Å². The third-order valence-electron chi connectivity index (χ3n) is 2.61. The summed E-state index contributed by atoms with van der Waals surface area (Å²) in [5, 5.41) is 0. The van der Waals surface area contributed by atoms with E-state index in [4.69, 9.17) is 5.73 Å². The number of amides is 1. The molecule has 0 aromatic carbocycles. The Morgan fingerprint density at radius 1 is 1.53 bits per heavy atom. The number of nitrogens with two attached hydrogens (primary N) is 1. The molecule has 90 valence electrons. The molecular formula is C11H24N2OS. The minimum absolute atomic E-state index is 0.0735. The summed E-state index contributed by atoms with van der Waals surface area (Å²) in [4.78, 5) is 13.6. The fourth-order valence-electron chi connectivity index (χ4n) is 1.34. The highest BCUT2D eigenvalue weighted by Crippen LogP contribution is 2.06. The van der Waals surface area contributed by atoms with Crippen molar-refractivity contribution >= 4 is 17.7 Å². The Morgan fingerprint density at radius 3 is 2.60 bits per heavy atom. The van der Waals surface area contributed by atoms with Crippen LogP contribution in [0.25, 0.3) is 0 Å². The van der Waals surface area contributed by atoms with E-state index in [2.05, 4.69) is 13.8 Å². The maximum absolute atomic E-state index is 11.8. The highest BCUT2D eigenvalue weighted by atomic mass is 32.2. The van der Waals surface area contributed by atoms with Crippen LogP contribution in [-0.4, -0.2) is 42.4 Å². The fourth-order valence-corrected chi connectivity index (χ4v) is 1.83. The van der Waals surface area contributed by atoms with Gasteiger partial charge in [-0.2, -0.15) is 11.8 Å². The molecule has 2 atom stereocenters. The molecule has 2 N–H and O–H groups in total. The molecule has 0 saturated heterocycles. The van der Waals surface area contributed by atoms with E-state index in [-0.39, 0.29) is 11.9 Å². The number of hydrogen-bond acceptors (Lipinski definition) is 3. The summed E-state index contributed by atoms with van der Waals surface area (Å²) >= 11 is 1.73. The van der Waals surface area contributed by atoms with Crippen LogP contribution in [0.4, 0.5) is 0 Å². The fraction of sp³-hybridized carbons (Fsp3) is 0.909. The van der Waals surface area contributed by atoms with Gasteiger partial charge in [0.15, 0.2) is 0 Å². The molecule has 0 aromatic rings. The molecule has 4 heteroatoms. The van der Waals surface area contributed by atoms with Crippen molar-refractivity contribution in [3.63, 3.8) is 0 Å². The van der Waals surface area contributed by atoms with Gasteiger partial charge in [-0.05, 0) is 24.3 Å². The monoisotopic (exact) mass is 232 g/mol. The van der Waals surface area contributed by atoms with Gasteiger partial charge in [0.1, 0.15) is 0 Å². The van der Waals surface area contributed by atoms with Crippen LogP contribution in [-0.2, 0) is 4.79 Å². The van der Waals surface area contributed by atoms with Crippen molar-refractivity contribution in [3.8, 4) is 0 Å². The molecule has 0 rings (SSSR count). The molecule has 0 aliphatic heterocycles. The summed E-state index contributed by atoms with van der Waals surface area (Å²) in [5.41, 5.74) is 5.82. The van der Waals surface area contributed by atoms with Crippen molar-refractivity contribution in [2.24, 2.45) is 11.7 Å². The number of likely N-dealkylation sites (N-methyl/N-ethyl adjacent to an activating group) is 1. The zero-order valence-corrected chi connectivity index (χ0v) is 11.1. The predicted octanol–water partition coefficient (Wildman–Crippen LogP) is 1.57. The molecule has 0 radical (unpaired) electrons. The molecule has 0 aromatic heterocycles. The van der Waals surface area contributed by atoms with Gasteiger partial charge in [0, 0.05) is 13.6 Å². The molecule has 0 aliphatic carbocycles. The van der Waals surface area contributed by atoms with Crippen molar-refractivity contribution in [2.75, 3.05) is 25.6 Å². The smallest absolute Gasteiger partial charge is 0.239 e.